The molecule has 0 amide bonds. The molecule has 0 radical (unpaired) electrons. The van der Waals surface area contributed by atoms with E-state index >= 15 is 0 Å². The number of pyridine rings is 1. The second-order valence-electron chi connectivity index (χ2n) is 4.94. The molecule has 1 aromatic rings. The summed E-state index contributed by atoms with van der Waals surface area (Å²) in [5.41, 5.74) is 2.17. The molecule has 0 aliphatic heterocycles. The third-order valence-electron chi connectivity index (χ3n) is 3.44. The molecule has 0 bridgehead atoms. The van der Waals surface area contributed by atoms with Crippen LogP contribution in [0, 0.1) is 5.92 Å². The smallest absolute Gasteiger partial charge is 0.170 e. The van der Waals surface area contributed by atoms with Gasteiger partial charge in [0.2, 0.25) is 0 Å². The average molecular weight is 233 g/mol. The molecule has 0 N–H and O–H groups in total. The predicted octanol–water partition coefficient (Wildman–Crippen LogP) is 2.35. The van der Waals surface area contributed by atoms with Crippen molar-refractivity contribution in [2.45, 2.75) is 38.7 Å². The largest absolute Gasteiger partial charge is 0.373 e. The van der Waals surface area contributed by atoms with Crippen LogP contribution in [0.2, 0.25) is 0 Å². The first kappa shape index (κ1) is 12.2. The Morgan fingerprint density at radius 2 is 2.29 bits per heavy atom. The highest BCUT2D eigenvalue weighted by Gasteiger charge is 2.35. The maximum Gasteiger partial charge on any atom is 0.170 e. The molecule has 1 aliphatic rings. The molecule has 92 valence electrons. The summed E-state index contributed by atoms with van der Waals surface area (Å²) in [5.74, 6) is 0.318. The van der Waals surface area contributed by atoms with Gasteiger partial charge in [-0.2, -0.15) is 0 Å². The Balaban J connectivity index is 2.23. The van der Waals surface area contributed by atoms with Crippen molar-refractivity contribution in [2.75, 3.05) is 7.11 Å². The molecule has 1 heterocycles. The van der Waals surface area contributed by atoms with Crippen LogP contribution < -0.4 is 0 Å². The molecule has 1 aliphatic carbocycles. The Hall–Kier alpha value is -1.22. The highest BCUT2D eigenvalue weighted by Crippen LogP contribution is 2.33. The minimum atomic E-state index is -0.312. The molecule has 0 saturated carbocycles. The zero-order chi connectivity index (χ0) is 12.4. The van der Waals surface area contributed by atoms with Crippen LogP contribution in [0.5, 0.6) is 0 Å². The van der Waals surface area contributed by atoms with Crippen molar-refractivity contribution in [1.82, 2.24) is 4.98 Å². The number of aryl methyl sites for hydroxylation is 1. The summed E-state index contributed by atoms with van der Waals surface area (Å²) in [6.45, 7) is 4.03. The molecule has 2 atom stereocenters. The van der Waals surface area contributed by atoms with E-state index in [1.807, 2.05) is 19.9 Å². The highest BCUT2D eigenvalue weighted by molar-refractivity contribution is 5.90. The van der Waals surface area contributed by atoms with Crippen molar-refractivity contribution in [2.24, 2.45) is 5.92 Å². The van der Waals surface area contributed by atoms with Gasteiger partial charge in [-0.3, -0.25) is 9.78 Å². The van der Waals surface area contributed by atoms with Crippen molar-refractivity contribution in [3.63, 3.8) is 0 Å². The van der Waals surface area contributed by atoms with Gasteiger partial charge in [-0.05, 0) is 30.4 Å². The van der Waals surface area contributed by atoms with Gasteiger partial charge >= 0.3 is 0 Å². The molecule has 3 heteroatoms. The first-order valence-electron chi connectivity index (χ1n) is 6.15. The number of carbonyl (C=O) groups is 1. The fourth-order valence-electron chi connectivity index (χ4n) is 2.60. The molecule has 3 nitrogen and oxygen atoms in total. The maximum absolute atomic E-state index is 12.4. The molecule has 0 aromatic carbocycles. The summed E-state index contributed by atoms with van der Waals surface area (Å²) in [6.07, 6.45) is 3.28. The van der Waals surface area contributed by atoms with E-state index in [0.29, 0.717) is 0 Å². The Bertz CT molecular complexity index is 414. The van der Waals surface area contributed by atoms with Crippen LogP contribution in [-0.4, -0.2) is 24.0 Å². The fourth-order valence-corrected chi connectivity index (χ4v) is 2.60. The molecule has 0 saturated heterocycles. The van der Waals surface area contributed by atoms with E-state index in [9.17, 15) is 4.79 Å². The van der Waals surface area contributed by atoms with Gasteiger partial charge in [0.25, 0.3) is 0 Å². The summed E-state index contributed by atoms with van der Waals surface area (Å²) in [6, 6.07) is 3.99. The lowest BCUT2D eigenvalue weighted by molar-refractivity contribution is -0.132. The number of hydrogen-bond donors (Lipinski definition) is 0. The SMILES string of the molecule is COC(C(=O)C1CCc2cccnc21)C(C)C. The van der Waals surface area contributed by atoms with Crippen LogP contribution in [0.4, 0.5) is 0 Å². The van der Waals surface area contributed by atoms with Crippen molar-refractivity contribution in [1.29, 1.82) is 0 Å². The monoisotopic (exact) mass is 233 g/mol. The molecule has 0 fully saturated rings. The third kappa shape index (κ3) is 2.25. The van der Waals surface area contributed by atoms with Crippen LogP contribution in [-0.2, 0) is 16.0 Å². The van der Waals surface area contributed by atoms with Crippen LogP contribution in [0.25, 0.3) is 0 Å². The van der Waals surface area contributed by atoms with Crippen molar-refractivity contribution < 1.29 is 9.53 Å². The van der Waals surface area contributed by atoms with Crippen LogP contribution in [0.15, 0.2) is 18.3 Å². The number of methoxy groups -OCH3 is 1. The van der Waals surface area contributed by atoms with E-state index in [1.165, 1.54) is 5.56 Å². The molecule has 2 rings (SSSR count). The number of aromatic nitrogens is 1. The standard InChI is InChI=1S/C14H19NO2/c1-9(2)14(17-3)13(16)11-7-6-10-5-4-8-15-12(10)11/h4-5,8-9,11,14H,6-7H2,1-3H3. The number of rotatable bonds is 4. The van der Waals surface area contributed by atoms with Gasteiger partial charge in [-0.15, -0.1) is 0 Å². The van der Waals surface area contributed by atoms with E-state index in [0.717, 1.165) is 18.5 Å². The summed E-state index contributed by atoms with van der Waals surface area (Å²) in [5, 5.41) is 0. The first-order valence-corrected chi connectivity index (χ1v) is 6.15. The summed E-state index contributed by atoms with van der Waals surface area (Å²) >= 11 is 0. The minimum Gasteiger partial charge on any atom is -0.373 e. The second kappa shape index (κ2) is 4.96. The topological polar surface area (TPSA) is 39.2 Å². The molecular formula is C14H19NO2. The number of nitrogens with zero attached hydrogens (tertiary/aromatic N) is 1. The first-order chi connectivity index (χ1) is 8.15. The Kier molecular flexibility index (Phi) is 3.57. The Morgan fingerprint density at radius 1 is 1.53 bits per heavy atom. The van der Waals surface area contributed by atoms with Gasteiger partial charge in [0.1, 0.15) is 6.10 Å². The quantitative estimate of drug-likeness (QED) is 0.801. The van der Waals surface area contributed by atoms with E-state index in [4.69, 9.17) is 4.74 Å². The number of Topliss-reactive ketones (excluding diaryl/α,β-unsaturated/α-hetero) is 1. The molecular weight excluding hydrogens is 214 g/mol. The van der Waals surface area contributed by atoms with Crippen molar-refractivity contribution >= 4 is 5.78 Å². The zero-order valence-electron chi connectivity index (χ0n) is 10.6. The number of hydrogen-bond acceptors (Lipinski definition) is 3. The van der Waals surface area contributed by atoms with Crippen LogP contribution in [0.1, 0.15) is 37.4 Å². The van der Waals surface area contributed by atoms with E-state index in [1.54, 1.807) is 13.3 Å². The van der Waals surface area contributed by atoms with Gasteiger partial charge in [-0.1, -0.05) is 19.9 Å². The van der Waals surface area contributed by atoms with Crippen LogP contribution in [0.3, 0.4) is 0 Å². The molecule has 1 aromatic heterocycles. The van der Waals surface area contributed by atoms with Gasteiger partial charge < -0.3 is 4.74 Å². The normalized spacial score (nSPS) is 20.4. The summed E-state index contributed by atoms with van der Waals surface area (Å²) in [4.78, 5) is 16.8. The van der Waals surface area contributed by atoms with Crippen molar-refractivity contribution in [3.8, 4) is 0 Å². The zero-order valence-corrected chi connectivity index (χ0v) is 10.6. The predicted molar refractivity (Wildman–Crippen MR) is 65.9 cm³/mol. The lowest BCUT2D eigenvalue weighted by Gasteiger charge is -2.21. The Labute approximate surface area is 102 Å². The highest BCUT2D eigenvalue weighted by atomic mass is 16.5. The number of carbonyl (C=O) groups excluding carboxylic acids is 1. The second-order valence-corrected chi connectivity index (χ2v) is 4.94. The molecule has 0 spiro atoms. The summed E-state index contributed by atoms with van der Waals surface area (Å²) in [7, 11) is 1.61. The fraction of sp³-hybridized carbons (Fsp3) is 0.571. The lowest BCUT2D eigenvalue weighted by Crippen LogP contribution is -2.32. The van der Waals surface area contributed by atoms with E-state index in [-0.39, 0.29) is 23.7 Å². The number of fused-ring (bicyclic) bond motifs is 1. The maximum atomic E-state index is 12.4. The summed E-state index contributed by atoms with van der Waals surface area (Å²) < 4.78 is 5.32. The lowest BCUT2D eigenvalue weighted by atomic mass is 9.91. The van der Waals surface area contributed by atoms with Gasteiger partial charge in [0, 0.05) is 13.3 Å². The van der Waals surface area contributed by atoms with E-state index in [2.05, 4.69) is 11.1 Å². The van der Waals surface area contributed by atoms with Crippen molar-refractivity contribution in [3.05, 3.63) is 29.6 Å². The van der Waals surface area contributed by atoms with Gasteiger partial charge in [-0.25, -0.2) is 0 Å². The van der Waals surface area contributed by atoms with Gasteiger partial charge in [0.05, 0.1) is 11.6 Å². The van der Waals surface area contributed by atoms with E-state index < -0.39 is 0 Å². The minimum absolute atomic E-state index is 0.0708. The Morgan fingerprint density at radius 3 is 2.94 bits per heavy atom. The molecule has 17 heavy (non-hydrogen) atoms. The number of ether oxygens (including phenoxy) is 1. The number of ketones is 1. The average Bonchev–Trinajstić information content (AvgIpc) is 2.72. The van der Waals surface area contributed by atoms with Gasteiger partial charge in [0.15, 0.2) is 5.78 Å². The van der Waals surface area contributed by atoms with Crippen LogP contribution >= 0.6 is 0 Å². The molecule has 2 unspecified atom stereocenters. The third-order valence-corrected chi connectivity index (χ3v) is 3.44.